The normalized spacial score (nSPS) is 25.7. The molecule has 1 aliphatic heterocycles. The maximum atomic E-state index is 11.1. The summed E-state index contributed by atoms with van der Waals surface area (Å²) in [6.45, 7) is 1.30. The highest BCUT2D eigenvalue weighted by Gasteiger charge is 2.32. The van der Waals surface area contributed by atoms with Gasteiger partial charge in [0, 0.05) is 29.8 Å². The molecule has 0 amide bonds. The molecule has 0 aliphatic carbocycles. The molecule has 1 aliphatic rings. The fraction of sp³-hybridized carbons (Fsp3) is 1.00. The highest BCUT2D eigenvalue weighted by Crippen LogP contribution is 2.23. The van der Waals surface area contributed by atoms with Gasteiger partial charge in [-0.2, -0.15) is 12.7 Å². The van der Waals surface area contributed by atoms with Crippen LogP contribution < -0.4 is 0 Å². The smallest absolute Gasteiger partial charge is 0.300 e. The Morgan fingerprint density at radius 3 is 2.62 bits per heavy atom. The Hall–Kier alpha value is 0.160. The van der Waals surface area contributed by atoms with E-state index in [1.165, 1.54) is 4.31 Å². The summed E-state index contributed by atoms with van der Waals surface area (Å²) in [6, 6.07) is 0.0532. The van der Waals surface area contributed by atoms with E-state index >= 15 is 0 Å². The second-order valence-corrected chi connectivity index (χ2v) is 6.07. The van der Waals surface area contributed by atoms with Crippen molar-refractivity contribution in [2.45, 2.75) is 18.9 Å². The lowest BCUT2D eigenvalue weighted by Gasteiger charge is -2.23. The van der Waals surface area contributed by atoms with Crippen molar-refractivity contribution in [2.75, 3.05) is 27.2 Å². The van der Waals surface area contributed by atoms with Crippen molar-refractivity contribution in [3.63, 3.8) is 0 Å². The predicted molar refractivity (Wildman–Crippen MR) is 53.1 cm³/mol. The van der Waals surface area contributed by atoms with Gasteiger partial charge in [0.1, 0.15) is 0 Å². The van der Waals surface area contributed by atoms with Gasteiger partial charge in [0.05, 0.1) is 0 Å². The topological polar surface area (TPSA) is 40.6 Å². The third-order valence-corrected chi connectivity index (χ3v) is 3.75. The molecule has 1 unspecified atom stereocenters. The zero-order valence-electron chi connectivity index (χ0n) is 7.90. The molecule has 1 heterocycles. The van der Waals surface area contributed by atoms with Gasteiger partial charge in [-0.25, -0.2) is 0 Å². The molecule has 0 aromatic carbocycles. The Labute approximate surface area is 84.0 Å². The highest BCUT2D eigenvalue weighted by molar-refractivity contribution is 8.11. The Kier molecular flexibility index (Phi) is 3.57. The molecule has 4 nitrogen and oxygen atoms in total. The van der Waals surface area contributed by atoms with Crippen molar-refractivity contribution in [2.24, 2.45) is 0 Å². The molecule has 0 radical (unpaired) electrons. The predicted octanol–water partition coefficient (Wildman–Crippen LogP) is 0.496. The third kappa shape index (κ3) is 3.09. The molecule has 0 aromatic rings. The number of hydrogen-bond acceptors (Lipinski definition) is 3. The molecule has 0 N–H and O–H groups in total. The summed E-state index contributed by atoms with van der Waals surface area (Å²) in [4.78, 5) is 1.98. The van der Waals surface area contributed by atoms with Gasteiger partial charge < -0.3 is 4.90 Å². The number of halogens is 1. The Bertz CT molecular complexity index is 266. The lowest BCUT2D eigenvalue weighted by molar-refractivity contribution is 0.294. The van der Waals surface area contributed by atoms with Crippen molar-refractivity contribution in [1.82, 2.24) is 9.21 Å². The van der Waals surface area contributed by atoms with Crippen LogP contribution in [0.1, 0.15) is 12.8 Å². The summed E-state index contributed by atoms with van der Waals surface area (Å²) in [5.41, 5.74) is 0. The van der Waals surface area contributed by atoms with Crippen LogP contribution in [0.2, 0.25) is 0 Å². The summed E-state index contributed by atoms with van der Waals surface area (Å²) in [5, 5.41) is 0. The zero-order chi connectivity index (χ0) is 10.1. The van der Waals surface area contributed by atoms with Gasteiger partial charge in [-0.3, -0.25) is 0 Å². The number of hydrogen-bond donors (Lipinski definition) is 0. The maximum absolute atomic E-state index is 11.1. The van der Waals surface area contributed by atoms with Crippen LogP contribution in [-0.4, -0.2) is 50.8 Å². The van der Waals surface area contributed by atoms with E-state index in [2.05, 4.69) is 0 Å². The second-order valence-electron chi connectivity index (χ2n) is 3.61. The van der Waals surface area contributed by atoms with Gasteiger partial charge in [-0.15, -0.1) is 0 Å². The largest absolute Gasteiger partial charge is 0.308 e. The molecule has 0 bridgehead atoms. The van der Waals surface area contributed by atoms with Gasteiger partial charge >= 0.3 is 0 Å². The van der Waals surface area contributed by atoms with Gasteiger partial charge in [-0.05, 0) is 26.9 Å². The molecule has 0 spiro atoms. The molecule has 1 saturated heterocycles. The van der Waals surface area contributed by atoms with Crippen molar-refractivity contribution in [3.8, 4) is 0 Å². The van der Waals surface area contributed by atoms with Crippen molar-refractivity contribution >= 4 is 19.9 Å². The first-order valence-electron chi connectivity index (χ1n) is 4.27. The molecule has 78 valence electrons. The highest BCUT2D eigenvalue weighted by atomic mass is 35.7. The standard InChI is InChI=1S/C7H15ClN2O2S/c1-9(2)6-7-4-3-5-10(7)13(8,11)12/h7H,3-6H2,1-2H3. The molecular weight excluding hydrogens is 212 g/mol. The molecule has 1 rings (SSSR count). The fourth-order valence-electron chi connectivity index (χ4n) is 1.70. The van der Waals surface area contributed by atoms with Crippen LogP contribution in [0.4, 0.5) is 0 Å². The summed E-state index contributed by atoms with van der Waals surface area (Å²) in [7, 11) is 5.63. The van der Waals surface area contributed by atoms with E-state index in [9.17, 15) is 8.42 Å². The average Bonchev–Trinajstić information content (AvgIpc) is 2.31. The Balaban J connectivity index is 2.65. The van der Waals surface area contributed by atoms with Gasteiger partial charge in [0.15, 0.2) is 0 Å². The quantitative estimate of drug-likeness (QED) is 0.658. The van der Waals surface area contributed by atoms with E-state index < -0.39 is 9.24 Å². The molecule has 0 saturated carbocycles. The summed E-state index contributed by atoms with van der Waals surface area (Å²) in [6.07, 6.45) is 1.81. The summed E-state index contributed by atoms with van der Waals surface area (Å²) in [5.74, 6) is 0. The van der Waals surface area contributed by atoms with Crippen LogP contribution in [0.25, 0.3) is 0 Å². The number of rotatable bonds is 3. The summed E-state index contributed by atoms with van der Waals surface area (Å²) < 4.78 is 23.6. The van der Waals surface area contributed by atoms with E-state index in [0.29, 0.717) is 6.54 Å². The maximum Gasteiger partial charge on any atom is 0.300 e. The molecule has 0 aromatic heterocycles. The number of nitrogens with zero attached hydrogens (tertiary/aromatic N) is 2. The molecule has 13 heavy (non-hydrogen) atoms. The average molecular weight is 227 g/mol. The van der Waals surface area contributed by atoms with Crippen molar-refractivity contribution in [1.29, 1.82) is 0 Å². The van der Waals surface area contributed by atoms with E-state index in [0.717, 1.165) is 19.4 Å². The first-order chi connectivity index (χ1) is 5.91. The first-order valence-corrected chi connectivity index (χ1v) is 6.54. The Morgan fingerprint density at radius 1 is 1.54 bits per heavy atom. The monoisotopic (exact) mass is 226 g/mol. The minimum absolute atomic E-state index is 0.0532. The van der Waals surface area contributed by atoms with Crippen LogP contribution in [-0.2, 0) is 9.24 Å². The minimum Gasteiger partial charge on any atom is -0.308 e. The van der Waals surface area contributed by atoms with Crippen molar-refractivity contribution < 1.29 is 8.42 Å². The fourth-order valence-corrected chi connectivity index (χ4v) is 3.12. The molecule has 1 atom stereocenters. The first kappa shape index (κ1) is 11.2. The van der Waals surface area contributed by atoms with Crippen molar-refractivity contribution in [3.05, 3.63) is 0 Å². The van der Waals surface area contributed by atoms with E-state index in [1.54, 1.807) is 0 Å². The lowest BCUT2D eigenvalue weighted by atomic mass is 10.2. The van der Waals surface area contributed by atoms with Gasteiger partial charge in [-0.1, -0.05) is 0 Å². The van der Waals surface area contributed by atoms with Crippen LogP contribution in [0.3, 0.4) is 0 Å². The molecule has 6 heteroatoms. The third-order valence-electron chi connectivity index (χ3n) is 2.18. The van der Waals surface area contributed by atoms with Crippen LogP contribution in [0.5, 0.6) is 0 Å². The lowest BCUT2D eigenvalue weighted by Crippen LogP contribution is -2.39. The second kappa shape index (κ2) is 4.13. The Morgan fingerprint density at radius 2 is 2.15 bits per heavy atom. The van der Waals surface area contributed by atoms with Crippen LogP contribution in [0.15, 0.2) is 0 Å². The minimum atomic E-state index is -3.52. The molecular formula is C7H15ClN2O2S. The van der Waals surface area contributed by atoms with Gasteiger partial charge in [0.25, 0.3) is 9.24 Å². The van der Waals surface area contributed by atoms with E-state index in [4.69, 9.17) is 10.7 Å². The zero-order valence-corrected chi connectivity index (χ0v) is 9.48. The van der Waals surface area contributed by atoms with Crippen LogP contribution >= 0.6 is 10.7 Å². The molecule has 1 fully saturated rings. The van der Waals surface area contributed by atoms with E-state index in [-0.39, 0.29) is 6.04 Å². The summed E-state index contributed by atoms with van der Waals surface area (Å²) >= 11 is 0. The SMILES string of the molecule is CN(C)CC1CCCN1S(=O)(=O)Cl. The van der Waals surface area contributed by atoms with Gasteiger partial charge in [0.2, 0.25) is 0 Å². The van der Waals surface area contributed by atoms with E-state index in [1.807, 2.05) is 19.0 Å². The number of likely N-dealkylation sites (N-methyl/N-ethyl adjacent to an activating group) is 1. The van der Waals surface area contributed by atoms with Crippen LogP contribution in [0, 0.1) is 0 Å².